The predicted octanol–water partition coefficient (Wildman–Crippen LogP) is 6.00. The molecule has 2 aliphatic rings. The number of benzene rings is 3. The Kier molecular flexibility index (Phi) is 6.79. The van der Waals surface area contributed by atoms with Crippen LogP contribution in [0, 0.1) is 0 Å². The summed E-state index contributed by atoms with van der Waals surface area (Å²) in [6.45, 7) is 2.16. The fraction of sp³-hybridized carbons (Fsp3) is 0.333. The maximum absolute atomic E-state index is 6.54. The molecule has 1 aliphatic carbocycles. The lowest BCUT2D eigenvalue weighted by Crippen LogP contribution is -2.33. The quantitative estimate of drug-likeness (QED) is 0.334. The third kappa shape index (κ3) is 4.58. The Bertz CT molecular complexity index is 946. The van der Waals surface area contributed by atoms with Crippen molar-refractivity contribution in [2.75, 3.05) is 6.16 Å². The van der Waals surface area contributed by atoms with Gasteiger partial charge in [-0.1, -0.05) is 67.1 Å². The second-order valence-electron chi connectivity index (χ2n) is 9.30. The standard InChI is InChI=1S/C30H34O2P/c1-25-29(32-30(31-25)22-12-5-13-23-30)21-14-24-33(26-15-6-2-7-16-26,27-17-8-3-9-18-27)28-19-10-4-11-20-28/h2-4,6-11,14-21,25,29H,5,12-13,22-24H2,1H3/q+1/b21-14+/t25-,29+/m0/s1. The average Bonchev–Trinajstić information content (AvgIpc) is 3.18. The second kappa shape index (κ2) is 9.94. The zero-order valence-corrected chi connectivity index (χ0v) is 20.4. The molecule has 5 rings (SSSR count). The van der Waals surface area contributed by atoms with Crippen LogP contribution in [-0.2, 0) is 9.47 Å². The summed E-state index contributed by atoms with van der Waals surface area (Å²) in [7, 11) is -1.85. The first-order valence-electron chi connectivity index (χ1n) is 12.3. The highest BCUT2D eigenvalue weighted by atomic mass is 31.2. The molecule has 0 aromatic heterocycles. The van der Waals surface area contributed by atoms with Crippen LogP contribution < -0.4 is 15.9 Å². The summed E-state index contributed by atoms with van der Waals surface area (Å²) in [5.41, 5.74) is 0. The Hall–Kier alpha value is -2.25. The SMILES string of the molecule is C[C@@H]1OC2(CCCCC2)O[C@@H]1/C=C/C[P+](c1ccccc1)(c1ccccc1)c1ccccc1. The highest BCUT2D eigenvalue weighted by Crippen LogP contribution is 2.55. The Balaban J connectivity index is 1.50. The van der Waals surface area contributed by atoms with Gasteiger partial charge in [0.05, 0.1) is 12.3 Å². The molecule has 3 aromatic carbocycles. The van der Waals surface area contributed by atoms with Crippen molar-refractivity contribution in [1.29, 1.82) is 0 Å². The molecule has 2 fully saturated rings. The van der Waals surface area contributed by atoms with Crippen molar-refractivity contribution in [2.45, 2.75) is 57.0 Å². The van der Waals surface area contributed by atoms with Gasteiger partial charge in [-0.25, -0.2) is 0 Å². The third-order valence-corrected chi connectivity index (χ3v) is 11.4. The number of ether oxygens (including phenoxy) is 2. The molecule has 1 aliphatic heterocycles. The predicted molar refractivity (Wildman–Crippen MR) is 140 cm³/mol. The molecule has 2 nitrogen and oxygen atoms in total. The normalized spacial score (nSPS) is 22.7. The van der Waals surface area contributed by atoms with Gasteiger partial charge in [-0.15, -0.1) is 0 Å². The van der Waals surface area contributed by atoms with Gasteiger partial charge in [-0.2, -0.15) is 0 Å². The van der Waals surface area contributed by atoms with Crippen molar-refractivity contribution in [3.8, 4) is 0 Å². The van der Waals surface area contributed by atoms with Gasteiger partial charge in [0, 0.05) is 12.8 Å². The van der Waals surface area contributed by atoms with Crippen LogP contribution in [0.2, 0.25) is 0 Å². The fourth-order valence-electron chi connectivity index (χ4n) is 5.46. The first-order valence-corrected chi connectivity index (χ1v) is 14.3. The molecular formula is C30H34O2P+. The number of allylic oxidation sites excluding steroid dienone is 1. The molecular weight excluding hydrogens is 423 g/mol. The summed E-state index contributed by atoms with van der Waals surface area (Å²) in [4.78, 5) is 0. The minimum atomic E-state index is -1.85. The van der Waals surface area contributed by atoms with E-state index in [4.69, 9.17) is 9.47 Å². The summed E-state index contributed by atoms with van der Waals surface area (Å²) in [5, 5.41) is 4.23. The zero-order valence-electron chi connectivity index (χ0n) is 19.5. The van der Waals surface area contributed by atoms with Crippen LogP contribution in [0.5, 0.6) is 0 Å². The van der Waals surface area contributed by atoms with Crippen molar-refractivity contribution in [3.05, 3.63) is 103 Å². The molecule has 2 atom stereocenters. The van der Waals surface area contributed by atoms with Crippen LogP contribution in [0.25, 0.3) is 0 Å². The minimum Gasteiger partial charge on any atom is -0.344 e. The molecule has 0 radical (unpaired) electrons. The molecule has 170 valence electrons. The van der Waals surface area contributed by atoms with Crippen LogP contribution in [0.3, 0.4) is 0 Å². The van der Waals surface area contributed by atoms with E-state index >= 15 is 0 Å². The number of hydrogen-bond donors (Lipinski definition) is 0. The van der Waals surface area contributed by atoms with Crippen LogP contribution >= 0.6 is 7.26 Å². The van der Waals surface area contributed by atoms with Gasteiger partial charge in [0.15, 0.2) is 5.79 Å². The Morgan fingerprint density at radius 2 is 1.21 bits per heavy atom. The summed E-state index contributed by atoms with van der Waals surface area (Å²) >= 11 is 0. The van der Waals surface area contributed by atoms with E-state index < -0.39 is 7.26 Å². The largest absolute Gasteiger partial charge is 0.344 e. The Morgan fingerprint density at radius 1 is 0.727 bits per heavy atom. The van der Waals surface area contributed by atoms with Crippen molar-refractivity contribution < 1.29 is 9.47 Å². The first kappa shape index (κ1) is 22.5. The van der Waals surface area contributed by atoms with Gasteiger partial charge in [-0.05, 0) is 62.2 Å². The molecule has 0 bridgehead atoms. The van der Waals surface area contributed by atoms with Crippen molar-refractivity contribution >= 4 is 23.2 Å². The number of hydrogen-bond acceptors (Lipinski definition) is 2. The minimum absolute atomic E-state index is 0.0207. The van der Waals surface area contributed by atoms with Gasteiger partial charge >= 0.3 is 0 Å². The van der Waals surface area contributed by atoms with E-state index in [0.717, 1.165) is 19.0 Å². The van der Waals surface area contributed by atoms with E-state index in [1.54, 1.807) is 0 Å². The zero-order chi connectivity index (χ0) is 22.6. The van der Waals surface area contributed by atoms with Gasteiger partial charge in [-0.3, -0.25) is 0 Å². The maximum atomic E-state index is 6.54. The maximum Gasteiger partial charge on any atom is 0.169 e. The molecule has 0 unspecified atom stereocenters. The smallest absolute Gasteiger partial charge is 0.169 e. The van der Waals surface area contributed by atoms with Crippen LogP contribution in [0.4, 0.5) is 0 Å². The Morgan fingerprint density at radius 3 is 1.70 bits per heavy atom. The number of rotatable bonds is 6. The summed E-state index contributed by atoms with van der Waals surface area (Å²) in [6.07, 6.45) is 11.5. The van der Waals surface area contributed by atoms with Crippen LogP contribution in [0.15, 0.2) is 103 Å². The molecule has 1 heterocycles. The van der Waals surface area contributed by atoms with E-state index in [1.165, 1.54) is 35.2 Å². The van der Waals surface area contributed by atoms with Gasteiger partial charge in [0.1, 0.15) is 29.3 Å². The van der Waals surface area contributed by atoms with E-state index in [1.807, 2.05) is 0 Å². The molecule has 0 amide bonds. The molecule has 0 N–H and O–H groups in total. The highest BCUT2D eigenvalue weighted by Gasteiger charge is 2.46. The second-order valence-corrected chi connectivity index (χ2v) is 12.8. The van der Waals surface area contributed by atoms with E-state index in [0.29, 0.717) is 0 Å². The summed E-state index contributed by atoms with van der Waals surface area (Å²) in [5.74, 6) is -0.350. The van der Waals surface area contributed by atoms with Crippen LogP contribution in [0.1, 0.15) is 39.0 Å². The van der Waals surface area contributed by atoms with Crippen molar-refractivity contribution in [3.63, 3.8) is 0 Å². The molecule has 3 heteroatoms. The highest BCUT2D eigenvalue weighted by molar-refractivity contribution is 7.95. The monoisotopic (exact) mass is 457 g/mol. The fourth-order valence-corrected chi connectivity index (χ4v) is 9.47. The van der Waals surface area contributed by atoms with E-state index in [-0.39, 0.29) is 18.0 Å². The molecule has 33 heavy (non-hydrogen) atoms. The summed E-state index contributed by atoms with van der Waals surface area (Å²) in [6, 6.07) is 33.2. The van der Waals surface area contributed by atoms with Crippen molar-refractivity contribution in [2.24, 2.45) is 0 Å². The lowest BCUT2D eigenvalue weighted by molar-refractivity contribution is -0.189. The van der Waals surface area contributed by atoms with Gasteiger partial charge in [0.2, 0.25) is 0 Å². The van der Waals surface area contributed by atoms with Gasteiger partial charge < -0.3 is 9.47 Å². The topological polar surface area (TPSA) is 18.5 Å². The van der Waals surface area contributed by atoms with E-state index in [9.17, 15) is 0 Å². The third-order valence-electron chi connectivity index (χ3n) is 7.13. The Labute approximate surface area is 199 Å². The molecule has 1 saturated carbocycles. The molecule has 1 spiro atoms. The van der Waals surface area contributed by atoms with Crippen LogP contribution in [-0.4, -0.2) is 24.2 Å². The lowest BCUT2D eigenvalue weighted by Gasteiger charge is -2.31. The average molecular weight is 458 g/mol. The van der Waals surface area contributed by atoms with E-state index in [2.05, 4.69) is 110 Å². The van der Waals surface area contributed by atoms with Gasteiger partial charge in [0.25, 0.3) is 0 Å². The van der Waals surface area contributed by atoms with Crippen molar-refractivity contribution in [1.82, 2.24) is 0 Å². The molecule has 1 saturated heterocycles. The lowest BCUT2D eigenvalue weighted by atomic mass is 9.94. The first-order chi connectivity index (χ1) is 16.2. The molecule has 3 aromatic rings. The summed E-state index contributed by atoms with van der Waals surface area (Å²) < 4.78 is 12.9.